The third-order valence-electron chi connectivity index (χ3n) is 2.94. The lowest BCUT2D eigenvalue weighted by atomic mass is 10.1. The van der Waals surface area contributed by atoms with Gasteiger partial charge in [-0.05, 0) is 24.1 Å². The number of anilines is 1. The van der Waals surface area contributed by atoms with Gasteiger partial charge in [0.25, 0.3) is 0 Å². The van der Waals surface area contributed by atoms with Gasteiger partial charge in [-0.15, -0.1) is 10.2 Å². The van der Waals surface area contributed by atoms with Crippen molar-refractivity contribution in [2.45, 2.75) is 6.42 Å². The van der Waals surface area contributed by atoms with Gasteiger partial charge in [-0.25, -0.2) is 0 Å². The molecule has 0 spiro atoms. The summed E-state index contributed by atoms with van der Waals surface area (Å²) in [6.45, 7) is 0.854. The van der Waals surface area contributed by atoms with E-state index in [-0.39, 0.29) is 0 Å². The van der Waals surface area contributed by atoms with Crippen molar-refractivity contribution < 1.29 is 0 Å². The van der Waals surface area contributed by atoms with Crippen LogP contribution in [0.5, 0.6) is 0 Å². The molecule has 3 rings (SSSR count). The van der Waals surface area contributed by atoms with Crippen molar-refractivity contribution in [3.8, 4) is 0 Å². The molecule has 0 unspecified atom stereocenters. The zero-order valence-corrected chi connectivity index (χ0v) is 11.0. The highest BCUT2D eigenvalue weighted by molar-refractivity contribution is 6.29. The molecule has 0 amide bonds. The predicted molar refractivity (Wildman–Crippen MR) is 76.6 cm³/mol. The van der Waals surface area contributed by atoms with Crippen LogP contribution in [0.2, 0.25) is 5.15 Å². The minimum absolute atomic E-state index is 0.402. The first-order valence-electron chi connectivity index (χ1n) is 6.12. The molecule has 1 aliphatic rings. The van der Waals surface area contributed by atoms with Crippen LogP contribution in [0.25, 0.3) is 5.70 Å². The van der Waals surface area contributed by atoms with E-state index in [9.17, 15) is 0 Å². The molecule has 1 N–H and O–H groups in total. The van der Waals surface area contributed by atoms with Crippen LogP contribution in [0.1, 0.15) is 12.0 Å². The summed E-state index contributed by atoms with van der Waals surface area (Å²) in [6, 6.07) is 13.8. The Labute approximate surface area is 116 Å². The first-order valence-corrected chi connectivity index (χ1v) is 6.50. The number of rotatable bonds is 2. The van der Waals surface area contributed by atoms with Crippen LogP contribution in [0, 0.1) is 0 Å². The summed E-state index contributed by atoms with van der Waals surface area (Å²) in [5, 5.41) is 10.3. The van der Waals surface area contributed by atoms with Gasteiger partial charge in [0.15, 0.2) is 11.0 Å². The zero-order valence-electron chi connectivity index (χ0n) is 10.3. The fraction of sp³-hybridized carbons (Fsp3) is 0.143. The molecule has 19 heavy (non-hydrogen) atoms. The number of nitrogens with one attached hydrogen (secondary N) is 1. The summed E-state index contributed by atoms with van der Waals surface area (Å²) >= 11 is 5.75. The fourth-order valence-corrected chi connectivity index (χ4v) is 2.11. The number of aromatic nitrogens is 2. The maximum atomic E-state index is 5.75. The van der Waals surface area contributed by atoms with Crippen molar-refractivity contribution in [1.29, 1.82) is 0 Å². The molecule has 0 saturated carbocycles. The van der Waals surface area contributed by atoms with Gasteiger partial charge in [-0.3, -0.25) is 10.4 Å². The highest BCUT2D eigenvalue weighted by atomic mass is 35.5. The molecule has 0 radical (unpaired) electrons. The van der Waals surface area contributed by atoms with E-state index in [2.05, 4.69) is 33.8 Å². The van der Waals surface area contributed by atoms with E-state index < -0.39 is 0 Å². The molecule has 2 aromatic rings. The lowest BCUT2D eigenvalue weighted by Crippen LogP contribution is -2.40. The van der Waals surface area contributed by atoms with Crippen LogP contribution in [0.15, 0.2) is 48.5 Å². The molecule has 1 aromatic heterocycles. The number of halogens is 1. The fourth-order valence-electron chi connectivity index (χ4n) is 2.01. The second-order valence-corrected chi connectivity index (χ2v) is 4.64. The summed E-state index contributed by atoms with van der Waals surface area (Å²) < 4.78 is 0. The second kappa shape index (κ2) is 5.28. The Morgan fingerprint density at radius 2 is 1.89 bits per heavy atom. The number of hydrogen-bond donors (Lipinski definition) is 1. The molecule has 0 saturated heterocycles. The molecule has 2 heterocycles. The summed E-state index contributed by atoms with van der Waals surface area (Å²) in [6.07, 6.45) is 3.15. The Balaban J connectivity index is 1.81. The van der Waals surface area contributed by atoms with Crippen molar-refractivity contribution in [1.82, 2.24) is 15.6 Å². The van der Waals surface area contributed by atoms with Gasteiger partial charge < -0.3 is 0 Å². The largest absolute Gasteiger partial charge is 0.297 e. The van der Waals surface area contributed by atoms with Crippen LogP contribution >= 0.6 is 11.6 Å². The first kappa shape index (κ1) is 12.0. The molecule has 5 heteroatoms. The van der Waals surface area contributed by atoms with Gasteiger partial charge in [0.05, 0.1) is 5.70 Å². The summed E-state index contributed by atoms with van der Waals surface area (Å²) in [7, 11) is 0. The Morgan fingerprint density at radius 1 is 1.05 bits per heavy atom. The van der Waals surface area contributed by atoms with Gasteiger partial charge in [0.1, 0.15) is 0 Å². The molecule has 1 aliphatic heterocycles. The third kappa shape index (κ3) is 2.69. The van der Waals surface area contributed by atoms with Gasteiger partial charge in [0, 0.05) is 6.54 Å². The van der Waals surface area contributed by atoms with Crippen molar-refractivity contribution in [2.75, 3.05) is 11.6 Å². The van der Waals surface area contributed by atoms with Crippen molar-refractivity contribution in [3.05, 3.63) is 59.3 Å². The number of hydrogen-bond acceptors (Lipinski definition) is 4. The number of nitrogens with zero attached hydrogens (tertiary/aromatic N) is 3. The quantitative estimate of drug-likeness (QED) is 0.913. The molecule has 0 bridgehead atoms. The highest BCUT2D eigenvalue weighted by Gasteiger charge is 2.14. The normalized spacial score (nSPS) is 14.8. The standard InChI is InChI=1S/C14H13ClN4/c15-13-8-9-14(17-16-13)19-10-4-7-12(18-19)11-5-2-1-3-6-11/h1-3,5-9,18H,4,10H2. The van der Waals surface area contributed by atoms with Crippen LogP contribution < -0.4 is 10.4 Å². The van der Waals surface area contributed by atoms with Crippen LogP contribution in [-0.4, -0.2) is 16.7 Å². The summed E-state index contributed by atoms with van der Waals surface area (Å²) in [5.74, 6) is 0.769. The van der Waals surface area contributed by atoms with Gasteiger partial charge in [-0.1, -0.05) is 48.0 Å². The Morgan fingerprint density at radius 3 is 2.63 bits per heavy atom. The van der Waals surface area contributed by atoms with E-state index >= 15 is 0 Å². The van der Waals surface area contributed by atoms with E-state index in [1.54, 1.807) is 6.07 Å². The van der Waals surface area contributed by atoms with E-state index in [1.165, 1.54) is 0 Å². The van der Waals surface area contributed by atoms with E-state index in [0.717, 1.165) is 30.0 Å². The molecule has 0 fully saturated rings. The molecule has 0 aliphatic carbocycles. The van der Waals surface area contributed by atoms with Crippen molar-refractivity contribution in [3.63, 3.8) is 0 Å². The topological polar surface area (TPSA) is 41.0 Å². The summed E-state index contributed by atoms with van der Waals surface area (Å²) in [5.41, 5.74) is 5.60. The molecule has 1 aromatic carbocycles. The SMILES string of the molecule is Clc1ccc(N2CCC=C(c3ccccc3)N2)nn1. The number of benzene rings is 1. The van der Waals surface area contributed by atoms with E-state index in [1.807, 2.05) is 29.3 Å². The van der Waals surface area contributed by atoms with Crippen molar-refractivity contribution >= 4 is 23.1 Å². The lowest BCUT2D eigenvalue weighted by molar-refractivity contribution is 0.698. The number of hydrazine groups is 1. The maximum absolute atomic E-state index is 5.75. The molecule has 4 nitrogen and oxygen atoms in total. The zero-order chi connectivity index (χ0) is 13.1. The Kier molecular flexibility index (Phi) is 3.33. The van der Waals surface area contributed by atoms with Crippen LogP contribution in [0.3, 0.4) is 0 Å². The van der Waals surface area contributed by atoms with Crippen molar-refractivity contribution in [2.24, 2.45) is 0 Å². The lowest BCUT2D eigenvalue weighted by Gasteiger charge is -2.29. The smallest absolute Gasteiger partial charge is 0.169 e. The van der Waals surface area contributed by atoms with Gasteiger partial charge in [-0.2, -0.15) is 0 Å². The van der Waals surface area contributed by atoms with E-state index in [4.69, 9.17) is 11.6 Å². The van der Waals surface area contributed by atoms with Crippen LogP contribution in [-0.2, 0) is 0 Å². The predicted octanol–water partition coefficient (Wildman–Crippen LogP) is 2.89. The van der Waals surface area contributed by atoms with E-state index in [0.29, 0.717) is 5.15 Å². The van der Waals surface area contributed by atoms with Gasteiger partial charge in [0.2, 0.25) is 0 Å². The van der Waals surface area contributed by atoms with Crippen LogP contribution in [0.4, 0.5) is 5.82 Å². The summed E-state index contributed by atoms with van der Waals surface area (Å²) in [4.78, 5) is 0. The second-order valence-electron chi connectivity index (χ2n) is 4.25. The molecule has 0 atom stereocenters. The highest BCUT2D eigenvalue weighted by Crippen LogP contribution is 2.19. The Hall–Kier alpha value is -2.07. The van der Waals surface area contributed by atoms with Gasteiger partial charge >= 0.3 is 0 Å². The molecular weight excluding hydrogens is 260 g/mol. The first-order chi connectivity index (χ1) is 9.33. The molecular formula is C14H13ClN4. The third-order valence-corrected chi connectivity index (χ3v) is 3.14. The average molecular weight is 273 g/mol. The minimum Gasteiger partial charge on any atom is -0.297 e. The maximum Gasteiger partial charge on any atom is 0.169 e. The minimum atomic E-state index is 0.402. The molecule has 96 valence electrons. The average Bonchev–Trinajstić information content (AvgIpc) is 2.49. The monoisotopic (exact) mass is 272 g/mol. The Bertz CT molecular complexity index is 580.